The molecule has 0 spiro atoms. The summed E-state index contributed by atoms with van der Waals surface area (Å²) in [7, 11) is 0. The Morgan fingerprint density at radius 3 is 2.34 bits per heavy atom. The Balaban J connectivity index is 1.75. The molecule has 0 aromatic heterocycles. The number of hydrogen-bond acceptors (Lipinski definition) is 3. The van der Waals surface area contributed by atoms with Gasteiger partial charge in [-0.15, -0.1) is 0 Å². The molecule has 0 saturated carbocycles. The van der Waals surface area contributed by atoms with E-state index in [2.05, 4.69) is 0 Å². The third-order valence-corrected chi connectivity index (χ3v) is 5.91. The molecule has 0 unspecified atom stereocenters. The quantitative estimate of drug-likeness (QED) is 0.631. The van der Waals surface area contributed by atoms with Gasteiger partial charge in [0.1, 0.15) is 0 Å². The number of halogens is 1. The summed E-state index contributed by atoms with van der Waals surface area (Å²) in [4.78, 5) is 28.0. The summed E-state index contributed by atoms with van der Waals surface area (Å²) in [6.45, 7) is 1.81. The van der Waals surface area contributed by atoms with Crippen LogP contribution < -0.4 is 4.90 Å². The molecule has 3 aromatic rings. The minimum atomic E-state index is -1.94. The molecule has 1 N–H and O–H groups in total. The number of benzene rings is 3. The Hall–Kier alpha value is -2.95. The predicted octanol–water partition coefficient (Wildman–Crippen LogP) is 4.59. The van der Waals surface area contributed by atoms with E-state index in [1.54, 1.807) is 61.5 Å². The zero-order valence-corrected chi connectivity index (χ0v) is 16.6. The maximum absolute atomic E-state index is 13.5. The average molecular weight is 406 g/mol. The zero-order chi connectivity index (χ0) is 20.6. The van der Waals surface area contributed by atoms with Gasteiger partial charge < -0.3 is 10.0 Å². The van der Waals surface area contributed by atoms with Crippen molar-refractivity contribution in [2.45, 2.75) is 19.1 Å². The van der Waals surface area contributed by atoms with Gasteiger partial charge in [-0.05, 0) is 17.7 Å². The van der Waals surface area contributed by atoms with Crippen molar-refractivity contribution in [3.05, 3.63) is 101 Å². The van der Waals surface area contributed by atoms with E-state index in [1.165, 1.54) is 4.90 Å². The Labute approximate surface area is 174 Å². The van der Waals surface area contributed by atoms with Crippen LogP contribution in [-0.4, -0.2) is 16.8 Å². The van der Waals surface area contributed by atoms with E-state index in [0.29, 0.717) is 21.8 Å². The van der Waals surface area contributed by atoms with Gasteiger partial charge in [0.2, 0.25) is 0 Å². The summed E-state index contributed by atoms with van der Waals surface area (Å²) >= 11 is 6.29. The van der Waals surface area contributed by atoms with Crippen LogP contribution in [0.5, 0.6) is 0 Å². The Morgan fingerprint density at radius 2 is 1.62 bits per heavy atom. The summed E-state index contributed by atoms with van der Waals surface area (Å²) in [6.07, 6.45) is 0. The van der Waals surface area contributed by atoms with E-state index in [-0.39, 0.29) is 12.3 Å². The van der Waals surface area contributed by atoms with Gasteiger partial charge in [0.25, 0.3) is 5.91 Å². The second-order valence-corrected chi connectivity index (χ2v) is 7.63. The lowest BCUT2D eigenvalue weighted by molar-refractivity contribution is -0.139. The van der Waals surface area contributed by atoms with E-state index >= 15 is 0 Å². The van der Waals surface area contributed by atoms with Gasteiger partial charge in [0, 0.05) is 16.1 Å². The highest BCUT2D eigenvalue weighted by atomic mass is 35.5. The lowest BCUT2D eigenvalue weighted by atomic mass is 9.79. The van der Waals surface area contributed by atoms with Gasteiger partial charge in [-0.25, -0.2) is 0 Å². The van der Waals surface area contributed by atoms with Gasteiger partial charge in [-0.2, -0.15) is 0 Å². The number of fused-ring (bicyclic) bond motifs is 1. The van der Waals surface area contributed by atoms with Crippen molar-refractivity contribution in [2.24, 2.45) is 5.92 Å². The van der Waals surface area contributed by atoms with Crippen molar-refractivity contribution < 1.29 is 14.7 Å². The molecule has 4 nitrogen and oxygen atoms in total. The molecule has 0 bridgehead atoms. The molecule has 0 radical (unpaired) electrons. The predicted molar refractivity (Wildman–Crippen MR) is 113 cm³/mol. The highest BCUT2D eigenvalue weighted by Gasteiger charge is 2.55. The summed E-state index contributed by atoms with van der Waals surface area (Å²) in [5.74, 6) is -1.75. The Morgan fingerprint density at radius 1 is 1.00 bits per heavy atom. The fourth-order valence-corrected chi connectivity index (χ4v) is 4.07. The van der Waals surface area contributed by atoms with E-state index < -0.39 is 17.4 Å². The Kier molecular flexibility index (Phi) is 4.99. The molecule has 146 valence electrons. The van der Waals surface area contributed by atoms with Crippen LogP contribution in [0, 0.1) is 5.92 Å². The molecule has 0 saturated heterocycles. The first-order valence-electron chi connectivity index (χ1n) is 9.41. The van der Waals surface area contributed by atoms with E-state index in [9.17, 15) is 14.7 Å². The number of carbonyl (C=O) groups is 2. The number of rotatable bonds is 5. The van der Waals surface area contributed by atoms with Crippen LogP contribution >= 0.6 is 11.6 Å². The molecule has 4 rings (SSSR count). The Bertz CT molecular complexity index is 1080. The van der Waals surface area contributed by atoms with Gasteiger partial charge in [-0.1, -0.05) is 85.3 Å². The van der Waals surface area contributed by atoms with Gasteiger partial charge in [0.05, 0.1) is 18.2 Å². The van der Waals surface area contributed by atoms with Gasteiger partial charge in [0.15, 0.2) is 11.4 Å². The van der Waals surface area contributed by atoms with Crippen LogP contribution in [-0.2, 0) is 16.9 Å². The fraction of sp³-hybridized carbons (Fsp3) is 0.167. The third kappa shape index (κ3) is 3.15. The lowest BCUT2D eigenvalue weighted by Gasteiger charge is -2.28. The number of Topliss-reactive ketones (excluding diaryl/α,β-unsaturated/α-hetero) is 1. The number of carbonyl (C=O) groups excluding carboxylic acids is 2. The van der Waals surface area contributed by atoms with Gasteiger partial charge in [-0.3, -0.25) is 9.59 Å². The minimum absolute atomic E-state index is 0.212. The zero-order valence-electron chi connectivity index (χ0n) is 15.9. The highest BCUT2D eigenvalue weighted by molar-refractivity contribution is 6.31. The molecule has 0 aliphatic carbocycles. The summed E-state index contributed by atoms with van der Waals surface area (Å²) < 4.78 is 0. The van der Waals surface area contributed by atoms with Crippen molar-refractivity contribution in [2.75, 3.05) is 4.90 Å². The van der Waals surface area contributed by atoms with Crippen molar-refractivity contribution in [1.82, 2.24) is 0 Å². The number of hydrogen-bond donors (Lipinski definition) is 1. The molecule has 5 heteroatoms. The smallest absolute Gasteiger partial charge is 0.264 e. The molecule has 1 heterocycles. The lowest BCUT2D eigenvalue weighted by Crippen LogP contribution is -2.47. The molecular weight excluding hydrogens is 386 g/mol. The van der Waals surface area contributed by atoms with Gasteiger partial charge >= 0.3 is 0 Å². The first kappa shape index (κ1) is 19.4. The summed E-state index contributed by atoms with van der Waals surface area (Å²) in [5, 5.41) is 12.1. The van der Waals surface area contributed by atoms with Crippen molar-refractivity contribution in [3.8, 4) is 0 Å². The monoisotopic (exact) mass is 405 g/mol. The maximum Gasteiger partial charge on any atom is 0.264 e. The van der Waals surface area contributed by atoms with Crippen LogP contribution in [0.3, 0.4) is 0 Å². The molecule has 2 atom stereocenters. The second kappa shape index (κ2) is 7.47. The molecule has 29 heavy (non-hydrogen) atoms. The van der Waals surface area contributed by atoms with Crippen LogP contribution in [0.25, 0.3) is 0 Å². The number of nitrogens with zero attached hydrogens (tertiary/aromatic N) is 1. The number of anilines is 1. The first-order valence-corrected chi connectivity index (χ1v) is 9.79. The number of aliphatic hydroxyl groups is 1. The van der Waals surface area contributed by atoms with Crippen LogP contribution in [0.2, 0.25) is 5.02 Å². The first-order chi connectivity index (χ1) is 13.9. The maximum atomic E-state index is 13.5. The summed E-state index contributed by atoms with van der Waals surface area (Å²) in [5.41, 5.74) is 0.318. The third-order valence-electron chi connectivity index (χ3n) is 5.54. The molecule has 1 aliphatic heterocycles. The fourth-order valence-electron chi connectivity index (χ4n) is 3.88. The van der Waals surface area contributed by atoms with Crippen molar-refractivity contribution in [1.29, 1.82) is 0 Å². The minimum Gasteiger partial charge on any atom is -0.375 e. The van der Waals surface area contributed by atoms with E-state index in [4.69, 9.17) is 11.6 Å². The molecular formula is C24H20ClNO3. The van der Waals surface area contributed by atoms with Crippen LogP contribution in [0.4, 0.5) is 5.69 Å². The average Bonchev–Trinajstić information content (AvgIpc) is 2.97. The van der Waals surface area contributed by atoms with Crippen molar-refractivity contribution >= 4 is 29.0 Å². The number of ketones is 1. The van der Waals surface area contributed by atoms with E-state index in [0.717, 1.165) is 5.56 Å². The highest BCUT2D eigenvalue weighted by Crippen LogP contribution is 2.46. The topological polar surface area (TPSA) is 57.6 Å². The molecule has 1 amide bonds. The SMILES string of the molecule is C[C@H](C(=O)c1ccccc1)[C@@]1(O)C(=O)N(Cc2ccccc2Cl)c2ccccc21. The van der Waals surface area contributed by atoms with E-state index in [1.807, 2.05) is 24.3 Å². The number of amides is 1. The van der Waals surface area contributed by atoms with Crippen molar-refractivity contribution in [3.63, 3.8) is 0 Å². The standard InChI is InChI=1S/C24H20ClNO3/c1-16(22(27)17-9-3-2-4-10-17)24(29)19-12-6-8-14-21(19)26(23(24)28)15-18-11-5-7-13-20(18)25/h2-14,16,29H,15H2,1H3/t16-,24+/m1/s1. The van der Waals surface area contributed by atoms with Crippen LogP contribution in [0.1, 0.15) is 28.4 Å². The second-order valence-electron chi connectivity index (χ2n) is 7.22. The largest absolute Gasteiger partial charge is 0.375 e. The molecule has 1 aliphatic rings. The molecule has 0 fully saturated rings. The van der Waals surface area contributed by atoms with Crippen LogP contribution in [0.15, 0.2) is 78.9 Å². The normalized spacial score (nSPS) is 19.1. The summed E-state index contributed by atoms with van der Waals surface area (Å²) in [6, 6.07) is 23.0. The number of para-hydroxylation sites is 1. The molecule has 3 aromatic carbocycles.